The average molecular weight is 348 g/mol. The van der Waals surface area contributed by atoms with Crippen molar-refractivity contribution in [3.63, 3.8) is 0 Å². The second-order valence-electron chi connectivity index (χ2n) is 5.10. The molecule has 126 valence electrons. The Kier molecular flexibility index (Phi) is 5.36. The van der Waals surface area contributed by atoms with Crippen LogP contribution in [0.1, 0.15) is 18.1 Å². The molecule has 24 heavy (non-hydrogen) atoms. The van der Waals surface area contributed by atoms with E-state index in [1.54, 1.807) is 60.7 Å². The van der Waals surface area contributed by atoms with E-state index in [2.05, 4.69) is 6.58 Å². The summed E-state index contributed by atoms with van der Waals surface area (Å²) in [6.07, 6.45) is 0. The van der Waals surface area contributed by atoms with Gasteiger partial charge in [-0.3, -0.25) is 0 Å². The van der Waals surface area contributed by atoms with Crippen molar-refractivity contribution in [2.45, 2.75) is 12.7 Å². The lowest BCUT2D eigenvalue weighted by molar-refractivity contribution is -0.187. The zero-order valence-corrected chi connectivity index (χ0v) is 13.8. The number of hydrogen-bond acceptors (Lipinski definition) is 4. The van der Waals surface area contributed by atoms with Crippen molar-refractivity contribution in [3.8, 4) is 0 Å². The number of esters is 1. The minimum Gasteiger partial charge on any atom is -0.420 e. The molecule has 0 unspecified atom stereocenters. The highest BCUT2D eigenvalue weighted by atomic mass is 31.2. The van der Waals surface area contributed by atoms with Crippen LogP contribution >= 0.6 is 7.82 Å². The van der Waals surface area contributed by atoms with E-state index >= 15 is 0 Å². The standard InChI is InChI=1S/C17H17O6P/c1-13(2)16(18)22-17(23-24(19,20)21,14-9-5-3-6-10-14)15-11-7-4-8-12-15/h3-12H,1H2,2H3,(H2,19,20,21). The molecule has 0 saturated carbocycles. The molecular formula is C17H17O6P. The molecule has 0 amide bonds. The number of rotatable bonds is 6. The van der Waals surface area contributed by atoms with Crippen molar-refractivity contribution in [1.29, 1.82) is 0 Å². The Morgan fingerprint density at radius 1 is 1.00 bits per heavy atom. The van der Waals surface area contributed by atoms with Crippen molar-refractivity contribution in [1.82, 2.24) is 0 Å². The molecular weight excluding hydrogens is 331 g/mol. The van der Waals surface area contributed by atoms with E-state index < -0.39 is 19.6 Å². The monoisotopic (exact) mass is 348 g/mol. The SMILES string of the molecule is C=C(C)C(=O)OC(OP(=O)(O)O)(c1ccccc1)c1ccccc1. The molecule has 0 atom stereocenters. The van der Waals surface area contributed by atoms with Gasteiger partial charge in [0.25, 0.3) is 5.79 Å². The van der Waals surface area contributed by atoms with Gasteiger partial charge >= 0.3 is 13.8 Å². The van der Waals surface area contributed by atoms with Gasteiger partial charge in [-0.25, -0.2) is 13.9 Å². The number of phosphoric acid groups is 1. The molecule has 2 rings (SSSR count). The Hall–Kier alpha value is -2.24. The fraction of sp³-hybridized carbons (Fsp3) is 0.118. The van der Waals surface area contributed by atoms with Crippen molar-refractivity contribution in [3.05, 3.63) is 83.9 Å². The normalized spacial score (nSPS) is 11.8. The van der Waals surface area contributed by atoms with Crippen LogP contribution in [0.4, 0.5) is 0 Å². The van der Waals surface area contributed by atoms with Crippen LogP contribution in [0.25, 0.3) is 0 Å². The summed E-state index contributed by atoms with van der Waals surface area (Å²) >= 11 is 0. The maximum absolute atomic E-state index is 12.1. The first-order valence-corrected chi connectivity index (χ1v) is 8.54. The zero-order chi connectivity index (χ0) is 17.8. The Labute approximate surface area is 139 Å². The summed E-state index contributed by atoms with van der Waals surface area (Å²) in [4.78, 5) is 30.9. The van der Waals surface area contributed by atoms with E-state index in [4.69, 9.17) is 9.26 Å². The van der Waals surface area contributed by atoms with Crippen molar-refractivity contribution < 1.29 is 28.4 Å². The number of phosphoric ester groups is 1. The molecule has 0 saturated heterocycles. The minimum absolute atomic E-state index is 0.0700. The lowest BCUT2D eigenvalue weighted by atomic mass is 9.97. The highest BCUT2D eigenvalue weighted by Crippen LogP contribution is 2.49. The first-order valence-electron chi connectivity index (χ1n) is 7.01. The average Bonchev–Trinajstić information content (AvgIpc) is 2.54. The molecule has 0 aliphatic carbocycles. The summed E-state index contributed by atoms with van der Waals surface area (Å²) in [7, 11) is -5.01. The molecule has 0 radical (unpaired) electrons. The molecule has 2 N–H and O–H groups in total. The van der Waals surface area contributed by atoms with Gasteiger partial charge in [-0.1, -0.05) is 67.2 Å². The number of hydrogen-bond donors (Lipinski definition) is 2. The van der Waals surface area contributed by atoms with Crippen LogP contribution in [0.3, 0.4) is 0 Å². The fourth-order valence-corrected chi connectivity index (χ4v) is 2.69. The molecule has 0 bridgehead atoms. The van der Waals surface area contributed by atoms with Gasteiger partial charge in [-0.15, -0.1) is 0 Å². The van der Waals surface area contributed by atoms with Crippen LogP contribution in [0, 0.1) is 0 Å². The molecule has 2 aromatic carbocycles. The predicted molar refractivity (Wildman–Crippen MR) is 87.7 cm³/mol. The lowest BCUT2D eigenvalue weighted by Crippen LogP contribution is -2.36. The van der Waals surface area contributed by atoms with E-state index in [0.29, 0.717) is 0 Å². The molecule has 0 aliphatic heterocycles. The molecule has 0 spiro atoms. The van der Waals surface area contributed by atoms with E-state index in [1.807, 2.05) is 0 Å². The molecule has 0 aliphatic rings. The quantitative estimate of drug-likeness (QED) is 0.361. The minimum atomic E-state index is -5.01. The smallest absolute Gasteiger partial charge is 0.420 e. The second kappa shape index (κ2) is 7.11. The Morgan fingerprint density at radius 3 is 1.75 bits per heavy atom. The van der Waals surface area contributed by atoms with Crippen LogP contribution in [0.15, 0.2) is 72.8 Å². The van der Waals surface area contributed by atoms with Gasteiger partial charge in [0.05, 0.1) is 0 Å². The van der Waals surface area contributed by atoms with E-state index in [9.17, 15) is 19.1 Å². The van der Waals surface area contributed by atoms with Gasteiger partial charge in [-0.2, -0.15) is 0 Å². The van der Waals surface area contributed by atoms with E-state index in [0.717, 1.165) is 0 Å². The molecule has 2 aromatic rings. The van der Waals surface area contributed by atoms with Gasteiger partial charge in [0.15, 0.2) is 0 Å². The Morgan fingerprint density at radius 2 is 1.42 bits per heavy atom. The Bertz CT molecular complexity index is 727. The molecule has 6 nitrogen and oxygen atoms in total. The van der Waals surface area contributed by atoms with Gasteiger partial charge in [0, 0.05) is 16.7 Å². The van der Waals surface area contributed by atoms with Gasteiger partial charge < -0.3 is 14.5 Å². The fourth-order valence-electron chi connectivity index (χ4n) is 2.11. The van der Waals surface area contributed by atoms with E-state index in [-0.39, 0.29) is 16.7 Å². The highest BCUT2D eigenvalue weighted by Gasteiger charge is 2.45. The molecule has 7 heteroatoms. The first-order chi connectivity index (χ1) is 11.2. The van der Waals surface area contributed by atoms with Crippen molar-refractivity contribution in [2.75, 3.05) is 0 Å². The number of benzene rings is 2. The number of carbonyl (C=O) groups excluding carboxylic acids is 1. The summed E-state index contributed by atoms with van der Waals surface area (Å²) in [6.45, 7) is 4.93. The third-order valence-corrected chi connectivity index (χ3v) is 3.63. The van der Waals surface area contributed by atoms with Gasteiger partial charge in [0.2, 0.25) is 0 Å². The van der Waals surface area contributed by atoms with E-state index in [1.165, 1.54) is 6.92 Å². The summed E-state index contributed by atoms with van der Waals surface area (Å²) in [5.41, 5.74) is 0.587. The van der Waals surface area contributed by atoms with Crippen molar-refractivity contribution >= 4 is 13.8 Å². The van der Waals surface area contributed by atoms with Crippen LogP contribution in [0.2, 0.25) is 0 Å². The maximum Gasteiger partial charge on any atom is 0.473 e. The van der Waals surface area contributed by atoms with Gasteiger partial charge in [-0.05, 0) is 6.92 Å². The summed E-state index contributed by atoms with van der Waals surface area (Å²) < 4.78 is 22.0. The van der Waals surface area contributed by atoms with Crippen molar-refractivity contribution in [2.24, 2.45) is 0 Å². The summed E-state index contributed by atoms with van der Waals surface area (Å²) in [6, 6.07) is 16.2. The first kappa shape index (κ1) is 18.1. The van der Waals surface area contributed by atoms with Crippen LogP contribution in [-0.4, -0.2) is 15.8 Å². The number of carbonyl (C=O) groups is 1. The summed E-state index contributed by atoms with van der Waals surface area (Å²) in [5.74, 6) is -2.94. The zero-order valence-electron chi connectivity index (χ0n) is 13.0. The topological polar surface area (TPSA) is 93.1 Å². The van der Waals surface area contributed by atoms with Gasteiger partial charge in [0.1, 0.15) is 0 Å². The lowest BCUT2D eigenvalue weighted by Gasteiger charge is -2.33. The molecule has 0 aromatic heterocycles. The predicted octanol–water partition coefficient (Wildman–Crippen LogP) is 3.12. The number of ether oxygens (including phenoxy) is 1. The molecule has 0 fully saturated rings. The molecule has 0 heterocycles. The Balaban J connectivity index is 2.70. The maximum atomic E-state index is 12.1. The largest absolute Gasteiger partial charge is 0.473 e. The van der Waals surface area contributed by atoms with Crippen LogP contribution in [0.5, 0.6) is 0 Å². The third kappa shape index (κ3) is 4.19. The van der Waals surface area contributed by atoms with Crippen LogP contribution in [-0.2, 0) is 24.4 Å². The summed E-state index contributed by atoms with van der Waals surface area (Å²) in [5, 5.41) is 0. The van der Waals surface area contributed by atoms with Crippen LogP contribution < -0.4 is 0 Å². The second-order valence-corrected chi connectivity index (χ2v) is 6.26. The highest BCUT2D eigenvalue weighted by molar-refractivity contribution is 7.46. The third-order valence-electron chi connectivity index (χ3n) is 3.14.